The van der Waals surface area contributed by atoms with E-state index in [1.54, 1.807) is 13.8 Å². The summed E-state index contributed by atoms with van der Waals surface area (Å²) in [6.07, 6.45) is 1.89. The smallest absolute Gasteiger partial charge is 0.338 e. The van der Waals surface area contributed by atoms with Crippen LogP contribution in [-0.4, -0.2) is 19.2 Å². The molecule has 1 atom stereocenters. The number of benzene rings is 1. The fraction of sp³-hybridized carbons (Fsp3) is 0.400. The second-order valence-electron chi connectivity index (χ2n) is 6.00. The molecular weight excluding hydrogens is 412 g/mol. The summed E-state index contributed by atoms with van der Waals surface area (Å²) in [4.78, 5) is 12.6. The highest BCUT2D eigenvalue weighted by molar-refractivity contribution is 9.10. The maximum absolute atomic E-state index is 12.6. The lowest BCUT2D eigenvalue weighted by molar-refractivity contribution is -0.139. The lowest BCUT2D eigenvalue weighted by Crippen LogP contribution is -2.26. The van der Waals surface area contributed by atoms with Crippen LogP contribution in [0.2, 0.25) is 0 Å². The van der Waals surface area contributed by atoms with Crippen molar-refractivity contribution in [2.45, 2.75) is 39.5 Å². The molecule has 0 saturated carbocycles. The third-order valence-corrected chi connectivity index (χ3v) is 4.63. The summed E-state index contributed by atoms with van der Waals surface area (Å²) in [5, 5.41) is 9.69. The number of hydrogen-bond acceptors (Lipinski definition) is 6. The van der Waals surface area contributed by atoms with Crippen molar-refractivity contribution in [1.29, 1.82) is 5.26 Å². The Morgan fingerprint density at radius 1 is 1.41 bits per heavy atom. The van der Waals surface area contributed by atoms with Crippen molar-refractivity contribution in [3.05, 3.63) is 51.0 Å². The number of nitrogens with zero attached hydrogens (tertiary/aromatic N) is 1. The summed E-state index contributed by atoms with van der Waals surface area (Å²) in [6, 6.07) is 7.57. The lowest BCUT2D eigenvalue weighted by atomic mass is 9.82. The Morgan fingerprint density at radius 2 is 2.15 bits per heavy atom. The number of rotatable bonds is 7. The first-order chi connectivity index (χ1) is 12.9. The van der Waals surface area contributed by atoms with Gasteiger partial charge in [-0.1, -0.05) is 29.3 Å². The van der Waals surface area contributed by atoms with E-state index < -0.39 is 11.9 Å². The predicted octanol–water partition coefficient (Wildman–Crippen LogP) is 4.27. The van der Waals surface area contributed by atoms with Gasteiger partial charge in [-0.25, -0.2) is 4.79 Å². The minimum absolute atomic E-state index is 0.0208. The van der Waals surface area contributed by atoms with Crippen molar-refractivity contribution in [1.82, 2.24) is 0 Å². The molecule has 0 bridgehead atoms. The number of nitriles is 1. The standard InChI is InChI=1S/C20H23BrN2O4/c1-4-6-9-26-16-8-7-13(21)10-14(16)18-15(11-22)19(23)27-12(3)17(18)20(24)25-5-2/h7-8,10,18H,4-6,9,23H2,1-3H3. The molecule has 0 aliphatic carbocycles. The van der Waals surface area contributed by atoms with Crippen LogP contribution in [-0.2, 0) is 14.3 Å². The molecule has 27 heavy (non-hydrogen) atoms. The number of esters is 1. The molecule has 2 rings (SSSR count). The predicted molar refractivity (Wildman–Crippen MR) is 105 cm³/mol. The minimum atomic E-state index is -0.725. The van der Waals surface area contributed by atoms with Gasteiger partial charge in [0.2, 0.25) is 5.88 Å². The molecule has 0 radical (unpaired) electrons. The van der Waals surface area contributed by atoms with Crippen LogP contribution in [0.15, 0.2) is 45.5 Å². The van der Waals surface area contributed by atoms with Gasteiger partial charge < -0.3 is 19.9 Å². The lowest BCUT2D eigenvalue weighted by Gasteiger charge is -2.28. The summed E-state index contributed by atoms with van der Waals surface area (Å²) in [6.45, 7) is 6.18. The molecule has 1 aromatic rings. The Bertz CT molecular complexity index is 824. The Balaban J connectivity index is 2.62. The van der Waals surface area contributed by atoms with Gasteiger partial charge in [0, 0.05) is 10.0 Å². The first-order valence-electron chi connectivity index (χ1n) is 8.82. The SMILES string of the molecule is CCCCOc1ccc(Br)cc1C1C(C#N)=C(N)OC(C)=C1C(=O)OCC. The number of hydrogen-bond donors (Lipinski definition) is 1. The van der Waals surface area contributed by atoms with Crippen molar-refractivity contribution in [2.75, 3.05) is 13.2 Å². The summed E-state index contributed by atoms with van der Waals surface area (Å²) < 4.78 is 17.4. The van der Waals surface area contributed by atoms with Gasteiger partial charge in [0.1, 0.15) is 23.2 Å². The minimum Gasteiger partial charge on any atom is -0.493 e. The fourth-order valence-electron chi connectivity index (χ4n) is 2.87. The quantitative estimate of drug-likeness (QED) is 0.508. The summed E-state index contributed by atoms with van der Waals surface area (Å²) in [5.74, 6) is -0.382. The maximum atomic E-state index is 12.6. The van der Waals surface area contributed by atoms with Crippen molar-refractivity contribution in [2.24, 2.45) is 5.73 Å². The Labute approximate surface area is 167 Å². The Hall–Kier alpha value is -2.46. The van der Waals surface area contributed by atoms with Gasteiger partial charge in [-0.2, -0.15) is 5.26 Å². The molecule has 144 valence electrons. The molecule has 0 saturated heterocycles. The van der Waals surface area contributed by atoms with Crippen LogP contribution in [0, 0.1) is 11.3 Å². The monoisotopic (exact) mass is 434 g/mol. The second-order valence-corrected chi connectivity index (χ2v) is 6.91. The van der Waals surface area contributed by atoms with Crippen LogP contribution in [0.4, 0.5) is 0 Å². The average Bonchev–Trinajstić information content (AvgIpc) is 2.62. The summed E-state index contributed by atoms with van der Waals surface area (Å²) >= 11 is 3.46. The zero-order chi connectivity index (χ0) is 20.0. The van der Waals surface area contributed by atoms with Crippen LogP contribution < -0.4 is 10.5 Å². The maximum Gasteiger partial charge on any atom is 0.338 e. The molecule has 1 unspecified atom stereocenters. The molecule has 7 heteroatoms. The van der Waals surface area contributed by atoms with E-state index in [0.717, 1.165) is 17.3 Å². The number of carbonyl (C=O) groups excluding carboxylic acids is 1. The Kier molecular flexibility index (Phi) is 7.31. The van der Waals surface area contributed by atoms with Crippen molar-refractivity contribution in [3.63, 3.8) is 0 Å². The molecular formula is C20H23BrN2O4. The number of unbranched alkanes of at least 4 members (excludes halogenated alkanes) is 1. The molecule has 0 spiro atoms. The molecule has 0 amide bonds. The number of nitrogens with two attached hydrogens (primary N) is 1. The number of carbonyl (C=O) groups is 1. The van der Waals surface area contributed by atoms with E-state index in [4.69, 9.17) is 19.9 Å². The molecule has 0 fully saturated rings. The van der Waals surface area contributed by atoms with E-state index in [9.17, 15) is 10.1 Å². The van der Waals surface area contributed by atoms with Crippen molar-refractivity contribution >= 4 is 21.9 Å². The Morgan fingerprint density at radius 3 is 2.78 bits per heavy atom. The van der Waals surface area contributed by atoms with Gasteiger partial charge in [-0.15, -0.1) is 0 Å². The third-order valence-electron chi connectivity index (χ3n) is 4.14. The van der Waals surface area contributed by atoms with Crippen LogP contribution in [0.5, 0.6) is 5.75 Å². The van der Waals surface area contributed by atoms with Crippen molar-refractivity contribution < 1.29 is 19.0 Å². The van der Waals surface area contributed by atoms with Gasteiger partial charge in [-0.05, 0) is 38.5 Å². The molecule has 1 aliphatic rings. The van der Waals surface area contributed by atoms with Gasteiger partial charge in [0.05, 0.1) is 24.7 Å². The van der Waals surface area contributed by atoms with Gasteiger partial charge in [0.25, 0.3) is 0 Å². The van der Waals surface area contributed by atoms with Crippen LogP contribution >= 0.6 is 15.9 Å². The zero-order valence-electron chi connectivity index (χ0n) is 15.7. The molecule has 1 aromatic carbocycles. The average molecular weight is 435 g/mol. The molecule has 2 N–H and O–H groups in total. The van der Waals surface area contributed by atoms with Gasteiger partial charge >= 0.3 is 5.97 Å². The number of halogens is 1. The van der Waals surface area contributed by atoms with Gasteiger partial charge in [-0.3, -0.25) is 0 Å². The first kappa shape index (κ1) is 20.8. The van der Waals surface area contributed by atoms with Crippen LogP contribution in [0.25, 0.3) is 0 Å². The molecule has 1 heterocycles. The summed E-state index contributed by atoms with van der Waals surface area (Å²) in [5.41, 5.74) is 7.01. The highest BCUT2D eigenvalue weighted by atomic mass is 79.9. The van der Waals surface area contributed by atoms with E-state index >= 15 is 0 Å². The van der Waals surface area contributed by atoms with Crippen molar-refractivity contribution in [3.8, 4) is 11.8 Å². The second kappa shape index (κ2) is 9.47. The summed E-state index contributed by atoms with van der Waals surface area (Å²) in [7, 11) is 0. The number of ether oxygens (including phenoxy) is 3. The highest BCUT2D eigenvalue weighted by Gasteiger charge is 2.38. The third kappa shape index (κ3) is 4.64. The van der Waals surface area contributed by atoms with E-state index in [1.807, 2.05) is 18.2 Å². The van der Waals surface area contributed by atoms with E-state index in [2.05, 4.69) is 28.9 Å². The first-order valence-corrected chi connectivity index (χ1v) is 9.61. The van der Waals surface area contributed by atoms with Gasteiger partial charge in [0.15, 0.2) is 0 Å². The fourth-order valence-corrected chi connectivity index (χ4v) is 3.25. The van der Waals surface area contributed by atoms with E-state index in [-0.39, 0.29) is 23.6 Å². The molecule has 1 aliphatic heterocycles. The topological polar surface area (TPSA) is 94.6 Å². The highest BCUT2D eigenvalue weighted by Crippen LogP contribution is 2.43. The zero-order valence-corrected chi connectivity index (χ0v) is 17.3. The van der Waals surface area contributed by atoms with E-state index in [0.29, 0.717) is 23.7 Å². The molecule has 0 aromatic heterocycles. The normalized spacial score (nSPS) is 16.6. The van der Waals surface area contributed by atoms with E-state index in [1.165, 1.54) is 0 Å². The molecule has 6 nitrogen and oxygen atoms in total. The number of allylic oxidation sites excluding steroid dienone is 2. The van der Waals surface area contributed by atoms with Crippen LogP contribution in [0.1, 0.15) is 45.1 Å². The van der Waals surface area contributed by atoms with Crippen LogP contribution in [0.3, 0.4) is 0 Å². The largest absolute Gasteiger partial charge is 0.493 e.